The molecule has 2 heterocycles. The molecule has 0 atom stereocenters. The highest BCUT2D eigenvalue weighted by molar-refractivity contribution is 6.07. The second kappa shape index (κ2) is 5.86. The first-order valence-corrected chi connectivity index (χ1v) is 7.24. The predicted molar refractivity (Wildman–Crippen MR) is 86.6 cm³/mol. The van der Waals surface area contributed by atoms with Crippen LogP contribution in [0.5, 0.6) is 11.5 Å². The van der Waals surface area contributed by atoms with Gasteiger partial charge in [-0.25, -0.2) is 9.59 Å². The van der Waals surface area contributed by atoms with Crippen LogP contribution in [0.25, 0.3) is 11.1 Å². The second-order valence-corrected chi connectivity index (χ2v) is 5.41. The topological polar surface area (TPSA) is 152 Å². The van der Waals surface area contributed by atoms with E-state index in [0.29, 0.717) is 30.3 Å². The smallest absolute Gasteiger partial charge is 0.342 e. The van der Waals surface area contributed by atoms with Crippen LogP contribution in [0, 0.1) is 6.92 Å². The number of fused-ring (bicyclic) bond motifs is 1. The van der Waals surface area contributed by atoms with Gasteiger partial charge in [0, 0.05) is 5.56 Å². The molecule has 9 heteroatoms. The standard InChI is InChI=1S/C16H14N2O7/c1-6-4-8-9(25-3-2-24-8)5-7(6)10-11(15(20)21)13(17)18-14(19)12(10)16(22)23/h4-5H,2-3H2,1H3,(H,20,21)(H,22,23)(H3,17,18,19). The Kier molecular flexibility index (Phi) is 3.84. The zero-order valence-corrected chi connectivity index (χ0v) is 13.1. The molecule has 1 aromatic carbocycles. The Morgan fingerprint density at radius 3 is 2.20 bits per heavy atom. The molecule has 0 radical (unpaired) electrons. The average molecular weight is 346 g/mol. The Bertz CT molecular complexity index is 962. The van der Waals surface area contributed by atoms with Crippen LogP contribution in [0.2, 0.25) is 0 Å². The summed E-state index contributed by atoms with van der Waals surface area (Å²) < 4.78 is 10.9. The van der Waals surface area contributed by atoms with Gasteiger partial charge in [-0.1, -0.05) is 0 Å². The van der Waals surface area contributed by atoms with Crippen LogP contribution < -0.4 is 20.8 Å². The SMILES string of the molecule is Cc1cc2c(cc1-c1c(C(=O)O)c(N)[nH]c(=O)c1C(=O)O)OCCO2. The minimum Gasteiger partial charge on any atom is -0.486 e. The number of hydrogen-bond donors (Lipinski definition) is 4. The third kappa shape index (κ3) is 2.65. The van der Waals surface area contributed by atoms with E-state index in [9.17, 15) is 24.6 Å². The molecule has 5 N–H and O–H groups in total. The lowest BCUT2D eigenvalue weighted by atomic mass is 9.92. The van der Waals surface area contributed by atoms with Gasteiger partial charge in [0.25, 0.3) is 5.56 Å². The fourth-order valence-corrected chi connectivity index (χ4v) is 2.78. The number of ether oxygens (including phenoxy) is 2. The maximum atomic E-state index is 12.1. The van der Waals surface area contributed by atoms with Crippen LogP contribution in [0.3, 0.4) is 0 Å². The van der Waals surface area contributed by atoms with Gasteiger partial charge in [0.05, 0.1) is 0 Å². The van der Waals surface area contributed by atoms with E-state index in [-0.39, 0.29) is 11.1 Å². The van der Waals surface area contributed by atoms with Crippen LogP contribution in [-0.2, 0) is 0 Å². The number of nitrogens with two attached hydrogens (primary N) is 1. The molecule has 25 heavy (non-hydrogen) atoms. The van der Waals surface area contributed by atoms with Crippen molar-refractivity contribution >= 4 is 17.8 Å². The molecule has 1 aliphatic heterocycles. The number of aryl methyl sites for hydroxylation is 1. The number of nitrogen functional groups attached to an aromatic ring is 1. The van der Waals surface area contributed by atoms with E-state index in [1.54, 1.807) is 13.0 Å². The van der Waals surface area contributed by atoms with Crippen molar-refractivity contribution in [2.45, 2.75) is 6.92 Å². The average Bonchev–Trinajstić information content (AvgIpc) is 2.52. The van der Waals surface area contributed by atoms with E-state index in [1.165, 1.54) is 6.07 Å². The summed E-state index contributed by atoms with van der Waals surface area (Å²) in [7, 11) is 0. The van der Waals surface area contributed by atoms with E-state index in [0.717, 1.165) is 0 Å². The molecule has 0 saturated carbocycles. The minimum atomic E-state index is -1.56. The number of rotatable bonds is 3. The highest BCUT2D eigenvalue weighted by Crippen LogP contribution is 2.39. The molecular formula is C16H14N2O7. The Balaban J connectivity index is 2.42. The lowest BCUT2D eigenvalue weighted by Gasteiger charge is -2.21. The van der Waals surface area contributed by atoms with Gasteiger partial charge in [-0.3, -0.25) is 4.79 Å². The lowest BCUT2D eigenvalue weighted by molar-refractivity contribution is 0.0695. The number of hydrogen-bond acceptors (Lipinski definition) is 6. The van der Waals surface area contributed by atoms with Crippen molar-refractivity contribution in [3.05, 3.63) is 39.2 Å². The molecule has 1 aliphatic rings. The summed E-state index contributed by atoms with van der Waals surface area (Å²) in [6.45, 7) is 2.30. The van der Waals surface area contributed by atoms with Crippen LogP contribution in [0.15, 0.2) is 16.9 Å². The van der Waals surface area contributed by atoms with Gasteiger partial charge in [0.15, 0.2) is 11.5 Å². The number of carboxylic acid groups (broad SMARTS) is 2. The highest BCUT2D eigenvalue weighted by Gasteiger charge is 2.28. The van der Waals surface area contributed by atoms with Crippen molar-refractivity contribution in [3.63, 3.8) is 0 Å². The first kappa shape index (κ1) is 16.4. The zero-order chi connectivity index (χ0) is 18.3. The van der Waals surface area contributed by atoms with E-state index in [2.05, 4.69) is 4.98 Å². The molecule has 2 aromatic rings. The lowest BCUT2D eigenvalue weighted by Crippen LogP contribution is -2.24. The van der Waals surface area contributed by atoms with Crippen LogP contribution in [-0.4, -0.2) is 40.3 Å². The fourth-order valence-electron chi connectivity index (χ4n) is 2.78. The molecule has 0 saturated heterocycles. The molecule has 9 nitrogen and oxygen atoms in total. The van der Waals surface area contributed by atoms with E-state index >= 15 is 0 Å². The van der Waals surface area contributed by atoms with Gasteiger partial charge in [0.1, 0.15) is 30.2 Å². The molecule has 0 fully saturated rings. The van der Waals surface area contributed by atoms with Gasteiger partial charge in [0.2, 0.25) is 0 Å². The number of aromatic carboxylic acids is 2. The molecule has 0 bridgehead atoms. The third-order valence-corrected chi connectivity index (χ3v) is 3.83. The second-order valence-electron chi connectivity index (χ2n) is 5.41. The first-order chi connectivity index (χ1) is 11.8. The Morgan fingerprint density at radius 2 is 1.64 bits per heavy atom. The molecule has 3 rings (SSSR count). The molecule has 0 unspecified atom stereocenters. The molecule has 0 aliphatic carbocycles. The highest BCUT2D eigenvalue weighted by atomic mass is 16.6. The fraction of sp³-hybridized carbons (Fsp3) is 0.188. The number of aromatic nitrogens is 1. The molecule has 0 spiro atoms. The Morgan fingerprint density at radius 1 is 1.08 bits per heavy atom. The number of aromatic amines is 1. The maximum absolute atomic E-state index is 12.1. The summed E-state index contributed by atoms with van der Waals surface area (Å²) in [6.07, 6.45) is 0. The summed E-state index contributed by atoms with van der Waals surface area (Å²) in [5.41, 5.74) is 3.92. The Labute approximate surface area is 140 Å². The number of H-pyrrole nitrogens is 1. The molecule has 0 amide bonds. The van der Waals surface area contributed by atoms with Gasteiger partial charge >= 0.3 is 11.9 Å². The number of anilines is 1. The first-order valence-electron chi connectivity index (χ1n) is 7.24. The van der Waals surface area contributed by atoms with Crippen molar-refractivity contribution in [2.75, 3.05) is 18.9 Å². The van der Waals surface area contributed by atoms with Gasteiger partial charge < -0.3 is 30.4 Å². The van der Waals surface area contributed by atoms with Crippen molar-refractivity contribution in [3.8, 4) is 22.6 Å². The molecule has 130 valence electrons. The van der Waals surface area contributed by atoms with Crippen molar-refractivity contribution in [2.24, 2.45) is 0 Å². The molecular weight excluding hydrogens is 332 g/mol. The number of carboxylic acids is 2. The summed E-state index contributed by atoms with van der Waals surface area (Å²) in [4.78, 5) is 37.4. The number of benzene rings is 1. The summed E-state index contributed by atoms with van der Waals surface area (Å²) in [6, 6.07) is 3.05. The van der Waals surface area contributed by atoms with Crippen LogP contribution >= 0.6 is 0 Å². The zero-order valence-electron chi connectivity index (χ0n) is 13.1. The normalized spacial score (nSPS) is 12.7. The quantitative estimate of drug-likeness (QED) is 0.644. The number of nitrogens with one attached hydrogen (secondary N) is 1. The van der Waals surface area contributed by atoms with E-state index < -0.39 is 34.4 Å². The van der Waals surface area contributed by atoms with E-state index in [4.69, 9.17) is 15.2 Å². The summed E-state index contributed by atoms with van der Waals surface area (Å²) in [5, 5.41) is 18.9. The van der Waals surface area contributed by atoms with Crippen LogP contribution in [0.1, 0.15) is 26.3 Å². The van der Waals surface area contributed by atoms with Crippen molar-refractivity contribution in [1.29, 1.82) is 0 Å². The minimum absolute atomic E-state index is 0.219. The number of carbonyl (C=O) groups is 2. The predicted octanol–water partition coefficient (Wildman–Crippen LogP) is 1.10. The largest absolute Gasteiger partial charge is 0.486 e. The monoisotopic (exact) mass is 346 g/mol. The van der Waals surface area contributed by atoms with Gasteiger partial charge in [-0.15, -0.1) is 0 Å². The van der Waals surface area contributed by atoms with Crippen molar-refractivity contribution < 1.29 is 29.3 Å². The van der Waals surface area contributed by atoms with Crippen molar-refractivity contribution in [1.82, 2.24) is 4.98 Å². The van der Waals surface area contributed by atoms with Gasteiger partial charge in [-0.05, 0) is 30.2 Å². The Hall–Kier alpha value is -3.49. The maximum Gasteiger partial charge on any atom is 0.342 e. The van der Waals surface area contributed by atoms with Crippen LogP contribution in [0.4, 0.5) is 5.82 Å². The van der Waals surface area contributed by atoms with Gasteiger partial charge in [-0.2, -0.15) is 0 Å². The summed E-state index contributed by atoms with van der Waals surface area (Å²) in [5.74, 6) is -2.65. The molecule has 1 aromatic heterocycles. The number of pyridine rings is 1. The third-order valence-electron chi connectivity index (χ3n) is 3.83. The summed E-state index contributed by atoms with van der Waals surface area (Å²) >= 11 is 0. The van der Waals surface area contributed by atoms with E-state index in [1.807, 2.05) is 0 Å².